The highest BCUT2D eigenvalue weighted by Crippen LogP contribution is 2.53. The second-order valence-electron chi connectivity index (χ2n) is 5.48. The maximum atomic E-state index is 13.4. The highest BCUT2D eigenvalue weighted by Gasteiger charge is 2.74. The van der Waals surface area contributed by atoms with Crippen LogP contribution in [0.25, 0.3) is 5.57 Å². The molecule has 14 heteroatoms. The monoisotopic (exact) mass is 430 g/mol. The highest BCUT2D eigenvalue weighted by molar-refractivity contribution is 6.17. The Labute approximate surface area is 147 Å². The fourth-order valence-electron chi connectivity index (χ4n) is 2.29. The van der Waals surface area contributed by atoms with Crippen LogP contribution in [0.5, 0.6) is 5.75 Å². The Balaban J connectivity index is 2.79. The third kappa shape index (κ3) is 3.13. The molecule has 0 bridgehead atoms. The van der Waals surface area contributed by atoms with Gasteiger partial charge in [-0.15, -0.1) is 0 Å². The molecule has 0 aliphatic carbocycles. The second kappa shape index (κ2) is 5.98. The van der Waals surface area contributed by atoms with Crippen LogP contribution in [0, 0.1) is 0 Å². The van der Waals surface area contributed by atoms with Gasteiger partial charge in [0, 0.05) is 11.1 Å². The van der Waals surface area contributed by atoms with Gasteiger partial charge < -0.3 is 9.84 Å². The Hall–Kier alpha value is -2.54. The van der Waals surface area contributed by atoms with Gasteiger partial charge in [-0.05, 0) is 24.3 Å². The predicted octanol–water partition coefficient (Wildman–Crippen LogP) is 5.06. The zero-order valence-corrected chi connectivity index (χ0v) is 12.7. The lowest BCUT2D eigenvalue weighted by Crippen LogP contribution is -2.60. The molecule has 0 unspecified atom stereocenters. The van der Waals surface area contributed by atoms with Crippen LogP contribution in [-0.4, -0.2) is 35.2 Å². The molecule has 3 nitrogen and oxygen atoms in total. The first-order valence-corrected chi connectivity index (χ1v) is 6.73. The summed E-state index contributed by atoms with van der Waals surface area (Å²) in [4.78, 5) is 11.1. The molecule has 0 fully saturated rings. The van der Waals surface area contributed by atoms with Crippen molar-refractivity contribution in [2.24, 2.45) is 0 Å². The molecule has 0 saturated carbocycles. The molecule has 1 N–H and O–H groups in total. The van der Waals surface area contributed by atoms with E-state index in [1.807, 2.05) is 0 Å². The van der Waals surface area contributed by atoms with Crippen molar-refractivity contribution in [2.45, 2.75) is 30.1 Å². The second-order valence-corrected chi connectivity index (χ2v) is 5.48. The van der Waals surface area contributed by atoms with Crippen molar-refractivity contribution in [3.05, 3.63) is 35.4 Å². The molecular weight excluding hydrogens is 425 g/mol. The third-order valence-corrected chi connectivity index (χ3v) is 3.68. The summed E-state index contributed by atoms with van der Waals surface area (Å²) in [6.45, 7) is 0. The summed E-state index contributed by atoms with van der Waals surface area (Å²) >= 11 is 0. The number of carbonyl (C=O) groups is 1. The lowest BCUT2D eigenvalue weighted by molar-refractivity contribution is -0.338. The van der Waals surface area contributed by atoms with Crippen molar-refractivity contribution in [2.75, 3.05) is 0 Å². The zero-order valence-electron chi connectivity index (χ0n) is 12.7. The largest absolute Gasteiger partial charge is 0.478 e. The van der Waals surface area contributed by atoms with Gasteiger partial charge in [-0.3, -0.25) is 0 Å². The molecule has 1 aromatic carbocycles. The van der Waals surface area contributed by atoms with Crippen molar-refractivity contribution < 1.29 is 62.9 Å². The highest BCUT2D eigenvalue weighted by atomic mass is 19.4. The average Bonchev–Trinajstić information content (AvgIpc) is 2.49. The van der Waals surface area contributed by atoms with Gasteiger partial charge in [0.1, 0.15) is 5.75 Å². The zero-order chi connectivity index (χ0) is 21.9. The predicted molar refractivity (Wildman–Crippen MR) is 67.5 cm³/mol. The van der Waals surface area contributed by atoms with E-state index < -0.39 is 64.5 Å². The molecule has 1 heterocycles. The fraction of sp³-hybridized carbons (Fsp3) is 0.357. The van der Waals surface area contributed by atoms with Gasteiger partial charge in [0.15, 0.2) is 0 Å². The molecule has 1 aromatic rings. The van der Waals surface area contributed by atoms with Crippen LogP contribution in [0.1, 0.15) is 11.1 Å². The normalized spacial score (nSPS) is 17.5. The smallest absolute Gasteiger partial charge is 0.458 e. The SMILES string of the molecule is O=C(O)C1=CC(C(F)(F)F)(C(F)(F)F)Oc2ccc(C(F)(F)C(F)(F)F)cc21. The number of ether oxygens (including phenoxy) is 1. The van der Waals surface area contributed by atoms with E-state index in [1.54, 1.807) is 0 Å². The number of carboxylic acid groups (broad SMARTS) is 1. The van der Waals surface area contributed by atoms with E-state index in [0.717, 1.165) is 0 Å². The molecule has 1 aliphatic rings. The van der Waals surface area contributed by atoms with Crippen molar-refractivity contribution in [3.8, 4) is 5.75 Å². The summed E-state index contributed by atoms with van der Waals surface area (Å²) in [5.41, 5.74) is -10.2. The Morgan fingerprint density at radius 2 is 1.39 bits per heavy atom. The molecule has 0 spiro atoms. The van der Waals surface area contributed by atoms with E-state index in [9.17, 15) is 53.1 Å². The third-order valence-electron chi connectivity index (χ3n) is 3.68. The lowest BCUT2D eigenvalue weighted by Gasteiger charge is -2.38. The van der Waals surface area contributed by atoms with Crippen LogP contribution in [0.2, 0.25) is 0 Å². The Kier molecular flexibility index (Phi) is 4.64. The van der Waals surface area contributed by atoms with E-state index in [4.69, 9.17) is 5.11 Å². The first kappa shape index (κ1) is 21.8. The quantitative estimate of drug-likeness (QED) is 0.668. The van der Waals surface area contributed by atoms with Gasteiger partial charge in [0.2, 0.25) is 0 Å². The van der Waals surface area contributed by atoms with Crippen molar-refractivity contribution in [3.63, 3.8) is 0 Å². The summed E-state index contributed by atoms with van der Waals surface area (Å²) < 4.78 is 147. The van der Waals surface area contributed by atoms with Gasteiger partial charge in [-0.25, -0.2) is 4.79 Å². The van der Waals surface area contributed by atoms with E-state index in [-0.39, 0.29) is 18.2 Å². The van der Waals surface area contributed by atoms with Crippen molar-refractivity contribution in [1.29, 1.82) is 0 Å². The van der Waals surface area contributed by atoms with Gasteiger partial charge in [-0.1, -0.05) is 0 Å². The first-order valence-electron chi connectivity index (χ1n) is 6.73. The molecule has 0 atom stereocenters. The number of hydrogen-bond acceptors (Lipinski definition) is 2. The summed E-state index contributed by atoms with van der Waals surface area (Å²) in [5.74, 6) is -9.49. The molecule has 2 rings (SSSR count). The molecule has 0 saturated heterocycles. The van der Waals surface area contributed by atoms with Crippen LogP contribution >= 0.6 is 0 Å². The number of benzene rings is 1. The van der Waals surface area contributed by atoms with E-state index in [2.05, 4.69) is 4.74 Å². The van der Waals surface area contributed by atoms with Crippen LogP contribution in [0.15, 0.2) is 24.3 Å². The average molecular weight is 430 g/mol. The summed E-state index contributed by atoms with van der Waals surface area (Å²) in [7, 11) is 0. The molecule has 0 aromatic heterocycles. The summed E-state index contributed by atoms with van der Waals surface area (Å²) in [6.07, 6.45) is -19.6. The molecule has 0 amide bonds. The minimum atomic E-state index is -6.24. The molecule has 0 radical (unpaired) electrons. The Morgan fingerprint density at radius 3 is 1.79 bits per heavy atom. The molecule has 156 valence electrons. The number of hydrogen-bond donors (Lipinski definition) is 1. The maximum absolute atomic E-state index is 13.4. The molecular formula is C14H5F11O3. The minimum absolute atomic E-state index is 0.0213. The number of aliphatic carboxylic acids is 1. The van der Waals surface area contributed by atoms with E-state index >= 15 is 0 Å². The van der Waals surface area contributed by atoms with Gasteiger partial charge in [0.05, 0.1) is 5.57 Å². The topological polar surface area (TPSA) is 46.5 Å². The van der Waals surface area contributed by atoms with Crippen molar-refractivity contribution >= 4 is 11.5 Å². The van der Waals surface area contributed by atoms with Crippen LogP contribution in [-0.2, 0) is 10.7 Å². The Morgan fingerprint density at radius 1 is 0.893 bits per heavy atom. The van der Waals surface area contributed by atoms with E-state index in [0.29, 0.717) is 0 Å². The van der Waals surface area contributed by atoms with Crippen LogP contribution < -0.4 is 4.74 Å². The first-order chi connectivity index (χ1) is 12.3. The summed E-state index contributed by atoms with van der Waals surface area (Å²) in [5, 5.41) is 8.93. The fourth-order valence-corrected chi connectivity index (χ4v) is 2.29. The number of carboxylic acids is 1. The van der Waals surface area contributed by atoms with Crippen molar-refractivity contribution in [1.82, 2.24) is 0 Å². The van der Waals surface area contributed by atoms with E-state index in [1.165, 1.54) is 0 Å². The Bertz CT molecular complexity index is 816. The maximum Gasteiger partial charge on any atom is 0.458 e. The lowest BCUT2D eigenvalue weighted by atomic mass is 9.89. The van der Waals surface area contributed by atoms with Crippen LogP contribution in [0.3, 0.4) is 0 Å². The number of fused-ring (bicyclic) bond motifs is 1. The molecule has 28 heavy (non-hydrogen) atoms. The standard InChI is InChI=1S/C14H5F11O3/c15-11(16,14(23,24)25)5-1-2-8-6(3-5)7(9(26)27)4-10(28-8,12(17,18)19)13(20,21)22/h1-4H,(H,26,27). The number of alkyl halides is 11. The van der Waals surface area contributed by atoms with Gasteiger partial charge >= 0.3 is 36.0 Å². The van der Waals surface area contributed by atoms with Gasteiger partial charge in [0.25, 0.3) is 0 Å². The summed E-state index contributed by atoms with van der Waals surface area (Å²) in [6, 6.07) is -0.333. The molecule has 1 aliphatic heterocycles. The minimum Gasteiger partial charge on any atom is -0.478 e. The van der Waals surface area contributed by atoms with Gasteiger partial charge in [-0.2, -0.15) is 48.3 Å². The number of rotatable bonds is 2. The van der Waals surface area contributed by atoms with Crippen LogP contribution in [0.4, 0.5) is 48.3 Å². The number of halogens is 11.